The molecule has 6 nitrogen and oxygen atoms in total. The Balaban J connectivity index is 1.66. The highest BCUT2D eigenvalue weighted by atomic mass is 35.5. The molecule has 0 aliphatic carbocycles. The number of thiazole rings is 1. The molecule has 0 atom stereocenters. The number of aromatic nitrogens is 1. The standard InChI is InChI=1S/C20H18ClN3O3S/c1-12-3-8-16(22-13(2)25)17(9-12)24-20(26)18-11-28-19(23-18)10-27-15-6-4-14(21)5-7-15/h3-9,11H,10H2,1-2H3,(H,22,25)(H,24,26). The molecule has 144 valence electrons. The lowest BCUT2D eigenvalue weighted by Crippen LogP contribution is -2.15. The van der Waals surface area contributed by atoms with E-state index in [-0.39, 0.29) is 24.1 Å². The van der Waals surface area contributed by atoms with Crippen LogP contribution in [0.4, 0.5) is 11.4 Å². The van der Waals surface area contributed by atoms with E-state index in [0.29, 0.717) is 27.2 Å². The number of nitrogens with one attached hydrogen (secondary N) is 2. The Kier molecular flexibility index (Phi) is 6.28. The van der Waals surface area contributed by atoms with Crippen molar-refractivity contribution in [2.45, 2.75) is 20.5 Å². The van der Waals surface area contributed by atoms with Gasteiger partial charge in [-0.1, -0.05) is 17.7 Å². The van der Waals surface area contributed by atoms with Crippen LogP contribution in [0.1, 0.15) is 28.0 Å². The zero-order valence-electron chi connectivity index (χ0n) is 15.3. The lowest BCUT2D eigenvalue weighted by Gasteiger charge is -2.11. The third kappa shape index (κ3) is 5.31. The lowest BCUT2D eigenvalue weighted by atomic mass is 10.2. The van der Waals surface area contributed by atoms with Gasteiger partial charge in [0.1, 0.15) is 23.1 Å². The molecule has 2 amide bonds. The molecule has 0 saturated carbocycles. The van der Waals surface area contributed by atoms with Crippen LogP contribution in [-0.2, 0) is 11.4 Å². The van der Waals surface area contributed by atoms with Gasteiger partial charge in [0.25, 0.3) is 5.91 Å². The second-order valence-electron chi connectivity index (χ2n) is 6.05. The van der Waals surface area contributed by atoms with E-state index in [0.717, 1.165) is 5.56 Å². The van der Waals surface area contributed by atoms with Crippen LogP contribution in [0.15, 0.2) is 47.8 Å². The SMILES string of the molecule is CC(=O)Nc1ccc(C)cc1NC(=O)c1csc(COc2ccc(Cl)cc2)n1. The summed E-state index contributed by atoms with van der Waals surface area (Å²) in [6, 6.07) is 12.4. The fourth-order valence-corrected chi connectivity index (χ4v) is 3.22. The Labute approximate surface area is 171 Å². The third-order valence-electron chi connectivity index (χ3n) is 3.69. The Hall–Kier alpha value is -2.90. The summed E-state index contributed by atoms with van der Waals surface area (Å²) in [6.45, 7) is 3.57. The van der Waals surface area contributed by atoms with Gasteiger partial charge < -0.3 is 15.4 Å². The van der Waals surface area contributed by atoms with E-state index in [2.05, 4.69) is 15.6 Å². The van der Waals surface area contributed by atoms with Crippen molar-refractivity contribution in [1.29, 1.82) is 0 Å². The van der Waals surface area contributed by atoms with E-state index in [1.165, 1.54) is 18.3 Å². The Morgan fingerprint density at radius 2 is 1.86 bits per heavy atom. The molecule has 1 aromatic heterocycles. The third-order valence-corrected chi connectivity index (χ3v) is 4.77. The smallest absolute Gasteiger partial charge is 0.275 e. The van der Waals surface area contributed by atoms with Crippen LogP contribution in [0.3, 0.4) is 0 Å². The summed E-state index contributed by atoms with van der Waals surface area (Å²) >= 11 is 7.18. The van der Waals surface area contributed by atoms with Crippen molar-refractivity contribution in [2.75, 3.05) is 10.6 Å². The van der Waals surface area contributed by atoms with Gasteiger partial charge in [-0.15, -0.1) is 11.3 Å². The number of carbonyl (C=O) groups is 2. The van der Waals surface area contributed by atoms with Crippen LogP contribution < -0.4 is 15.4 Å². The minimum atomic E-state index is -0.355. The largest absolute Gasteiger partial charge is 0.486 e. The van der Waals surface area contributed by atoms with Gasteiger partial charge in [-0.3, -0.25) is 9.59 Å². The highest BCUT2D eigenvalue weighted by Crippen LogP contribution is 2.24. The van der Waals surface area contributed by atoms with E-state index in [1.54, 1.807) is 41.8 Å². The molecule has 2 aromatic carbocycles. The highest BCUT2D eigenvalue weighted by molar-refractivity contribution is 7.09. The number of halogens is 1. The fraction of sp³-hybridized carbons (Fsp3) is 0.150. The molecule has 8 heteroatoms. The molecule has 3 aromatic rings. The molecule has 2 N–H and O–H groups in total. The van der Waals surface area contributed by atoms with Crippen molar-refractivity contribution in [3.8, 4) is 5.75 Å². The zero-order valence-corrected chi connectivity index (χ0v) is 16.9. The summed E-state index contributed by atoms with van der Waals surface area (Å²) in [7, 11) is 0. The molecule has 0 radical (unpaired) electrons. The topological polar surface area (TPSA) is 80.3 Å². The second-order valence-corrected chi connectivity index (χ2v) is 7.43. The van der Waals surface area contributed by atoms with Crippen LogP contribution >= 0.6 is 22.9 Å². The number of anilines is 2. The van der Waals surface area contributed by atoms with Crippen LogP contribution in [0.25, 0.3) is 0 Å². The number of benzene rings is 2. The minimum absolute atomic E-state index is 0.213. The molecular formula is C20H18ClN3O3S. The van der Waals surface area contributed by atoms with E-state index in [1.807, 2.05) is 13.0 Å². The van der Waals surface area contributed by atoms with E-state index in [9.17, 15) is 9.59 Å². The first kappa shape index (κ1) is 19.9. The summed E-state index contributed by atoms with van der Waals surface area (Å²) in [5, 5.41) is 8.48. The maximum absolute atomic E-state index is 12.6. The summed E-state index contributed by atoms with van der Waals surface area (Å²) in [5.74, 6) is 0.103. The van der Waals surface area contributed by atoms with Crippen molar-refractivity contribution < 1.29 is 14.3 Å². The van der Waals surface area contributed by atoms with Crippen molar-refractivity contribution in [1.82, 2.24) is 4.98 Å². The lowest BCUT2D eigenvalue weighted by molar-refractivity contribution is -0.114. The fourth-order valence-electron chi connectivity index (χ4n) is 2.40. The van der Waals surface area contributed by atoms with Crippen molar-refractivity contribution in [3.63, 3.8) is 0 Å². The molecule has 0 unspecified atom stereocenters. The molecule has 0 spiro atoms. The maximum atomic E-state index is 12.6. The van der Waals surface area contributed by atoms with Crippen molar-refractivity contribution in [2.24, 2.45) is 0 Å². The monoisotopic (exact) mass is 415 g/mol. The number of carbonyl (C=O) groups excluding carboxylic acids is 2. The molecular weight excluding hydrogens is 398 g/mol. The van der Waals surface area contributed by atoms with Crippen LogP contribution in [0.2, 0.25) is 5.02 Å². The number of amides is 2. The normalized spacial score (nSPS) is 10.4. The van der Waals surface area contributed by atoms with Gasteiger partial charge >= 0.3 is 0 Å². The Morgan fingerprint density at radius 3 is 2.57 bits per heavy atom. The number of nitrogens with zero attached hydrogens (tertiary/aromatic N) is 1. The first-order valence-electron chi connectivity index (χ1n) is 8.43. The second kappa shape index (κ2) is 8.86. The van der Waals surface area contributed by atoms with E-state index >= 15 is 0 Å². The number of rotatable bonds is 6. The van der Waals surface area contributed by atoms with Gasteiger partial charge in [0.15, 0.2) is 0 Å². The minimum Gasteiger partial charge on any atom is -0.486 e. The zero-order chi connectivity index (χ0) is 20.1. The quantitative estimate of drug-likeness (QED) is 0.600. The first-order valence-corrected chi connectivity index (χ1v) is 9.69. The molecule has 28 heavy (non-hydrogen) atoms. The van der Waals surface area contributed by atoms with Crippen molar-refractivity contribution >= 4 is 46.1 Å². The van der Waals surface area contributed by atoms with Gasteiger partial charge in [-0.25, -0.2) is 4.98 Å². The number of aryl methyl sites for hydroxylation is 1. The maximum Gasteiger partial charge on any atom is 0.275 e. The predicted octanol–water partition coefficient (Wildman–Crippen LogP) is 4.89. The molecule has 0 aliphatic heterocycles. The van der Waals surface area contributed by atoms with E-state index in [4.69, 9.17) is 16.3 Å². The number of hydrogen-bond donors (Lipinski definition) is 2. The number of ether oxygens (including phenoxy) is 1. The van der Waals surface area contributed by atoms with Gasteiger partial charge in [-0.05, 0) is 48.9 Å². The summed E-state index contributed by atoms with van der Waals surface area (Å²) in [4.78, 5) is 28.2. The average Bonchev–Trinajstić information content (AvgIpc) is 3.12. The van der Waals surface area contributed by atoms with E-state index < -0.39 is 0 Å². The summed E-state index contributed by atoms with van der Waals surface area (Å²) < 4.78 is 5.65. The Bertz CT molecular complexity index is 1000. The van der Waals surface area contributed by atoms with Gasteiger partial charge in [-0.2, -0.15) is 0 Å². The highest BCUT2D eigenvalue weighted by Gasteiger charge is 2.14. The molecule has 0 bridgehead atoms. The van der Waals surface area contributed by atoms with Gasteiger partial charge in [0.05, 0.1) is 11.4 Å². The molecule has 1 heterocycles. The predicted molar refractivity (Wildman–Crippen MR) is 111 cm³/mol. The summed E-state index contributed by atoms with van der Waals surface area (Å²) in [5.41, 5.74) is 2.30. The number of hydrogen-bond acceptors (Lipinski definition) is 5. The average molecular weight is 416 g/mol. The Morgan fingerprint density at radius 1 is 1.11 bits per heavy atom. The molecule has 3 rings (SSSR count). The summed E-state index contributed by atoms with van der Waals surface area (Å²) in [6.07, 6.45) is 0. The van der Waals surface area contributed by atoms with Crippen LogP contribution in [0.5, 0.6) is 5.75 Å². The molecule has 0 aliphatic rings. The van der Waals surface area contributed by atoms with Crippen molar-refractivity contribution in [3.05, 3.63) is 69.1 Å². The van der Waals surface area contributed by atoms with Crippen LogP contribution in [0, 0.1) is 6.92 Å². The van der Waals surface area contributed by atoms with Crippen LogP contribution in [-0.4, -0.2) is 16.8 Å². The first-order chi connectivity index (χ1) is 13.4. The molecule has 0 saturated heterocycles. The molecule has 0 fully saturated rings. The van der Waals surface area contributed by atoms with Gasteiger partial charge in [0, 0.05) is 17.3 Å². The van der Waals surface area contributed by atoms with Gasteiger partial charge in [0.2, 0.25) is 5.91 Å².